The van der Waals surface area contributed by atoms with E-state index in [4.69, 9.17) is 34.2 Å². The minimum absolute atomic E-state index is 0.00182. The van der Waals surface area contributed by atoms with Crippen molar-refractivity contribution < 1.29 is 42.8 Å². The summed E-state index contributed by atoms with van der Waals surface area (Å²) >= 11 is 0. The summed E-state index contributed by atoms with van der Waals surface area (Å²) in [5, 5.41) is 0. The number of hydrogen-bond acceptors (Lipinski definition) is 9. The summed E-state index contributed by atoms with van der Waals surface area (Å²) in [4.78, 5) is 37.0. The Kier molecular flexibility index (Phi) is 24.5. The van der Waals surface area contributed by atoms with Crippen LogP contribution in [0, 0.1) is 5.92 Å². The van der Waals surface area contributed by atoms with Crippen LogP contribution in [-0.4, -0.2) is 77.6 Å². The first-order chi connectivity index (χ1) is 25.1. The van der Waals surface area contributed by atoms with Crippen LogP contribution in [-0.2, 0) is 38.0 Å². The molecule has 0 spiro atoms. The first kappa shape index (κ1) is 47.7. The number of ketones is 1. The fraction of sp³-hybridized carbons (Fsp3) is 0.595. The molecule has 1 aliphatic rings. The highest BCUT2D eigenvalue weighted by Crippen LogP contribution is 2.22. The second kappa shape index (κ2) is 27.3. The van der Waals surface area contributed by atoms with Crippen molar-refractivity contribution in [3.63, 3.8) is 0 Å². The maximum atomic E-state index is 13.0. The molecule has 1 heterocycles. The third kappa shape index (κ3) is 25.3. The molecule has 1 rings (SSSR count). The molecule has 0 aliphatic carbocycles. The van der Waals surface area contributed by atoms with Gasteiger partial charge in [0.15, 0.2) is 5.78 Å². The number of esters is 1. The molecule has 0 unspecified atom stereocenters. The molecule has 53 heavy (non-hydrogen) atoms. The molecule has 0 aromatic carbocycles. The second-order valence-corrected chi connectivity index (χ2v) is 20.7. The van der Waals surface area contributed by atoms with Gasteiger partial charge in [-0.05, 0) is 71.9 Å². The number of amides is 1. The van der Waals surface area contributed by atoms with Crippen LogP contribution in [0.25, 0.3) is 0 Å². The molecule has 0 saturated carbocycles. The average molecular weight is 758 g/mol. The molecule has 2 N–H and O–H groups in total. The minimum atomic E-state index is -1.24. The van der Waals surface area contributed by atoms with Gasteiger partial charge in [0, 0.05) is 46.6 Å². The average Bonchev–Trinajstić information content (AvgIpc) is 3.05. The van der Waals surface area contributed by atoms with Gasteiger partial charge in [0.1, 0.15) is 31.9 Å². The lowest BCUT2D eigenvalue weighted by atomic mass is 9.95. The molecule has 0 fully saturated rings. The first-order valence-electron chi connectivity index (χ1n) is 18.8. The highest BCUT2D eigenvalue weighted by molar-refractivity contribution is 6.76. The second-order valence-electron chi connectivity index (χ2n) is 15.0. The number of rotatable bonds is 16. The number of cyclic esters (lactones) is 1. The zero-order valence-electron chi connectivity index (χ0n) is 33.8. The van der Waals surface area contributed by atoms with Crippen molar-refractivity contribution in [2.24, 2.45) is 11.7 Å². The summed E-state index contributed by atoms with van der Waals surface area (Å²) in [7, 11) is 0.287. The van der Waals surface area contributed by atoms with E-state index in [1.54, 1.807) is 6.08 Å². The van der Waals surface area contributed by atoms with E-state index < -0.39 is 38.4 Å². The number of carbonyl (C=O) groups excluding carboxylic acids is 3. The van der Waals surface area contributed by atoms with Gasteiger partial charge in [-0.3, -0.25) is 4.79 Å². The zero-order valence-corrected chi connectivity index (χ0v) is 34.8. The molecule has 0 aromatic heterocycles. The monoisotopic (exact) mass is 757 g/mol. The number of primary amides is 1. The van der Waals surface area contributed by atoms with Gasteiger partial charge in [0.05, 0.1) is 6.10 Å². The number of ether oxygens (including phenoxy) is 6. The third-order valence-electron chi connectivity index (χ3n) is 8.19. The smallest absolute Gasteiger partial charge is 0.404 e. The van der Waals surface area contributed by atoms with E-state index in [0.717, 1.165) is 29.2 Å². The summed E-state index contributed by atoms with van der Waals surface area (Å²) in [6.07, 6.45) is 21.5. The largest absolute Gasteiger partial charge is 0.458 e. The number of nitrogens with two attached hydrogens (primary N) is 1. The quantitative estimate of drug-likeness (QED) is 0.0311. The van der Waals surface area contributed by atoms with Gasteiger partial charge >= 0.3 is 12.1 Å². The van der Waals surface area contributed by atoms with Gasteiger partial charge < -0.3 is 34.2 Å². The van der Waals surface area contributed by atoms with Gasteiger partial charge in [0.25, 0.3) is 0 Å². The normalized spacial score (nSPS) is 25.0. The Labute approximate surface area is 320 Å². The Morgan fingerprint density at radius 1 is 1.06 bits per heavy atom. The highest BCUT2D eigenvalue weighted by atomic mass is 28.3. The Bertz CT molecular complexity index is 1320. The predicted octanol–water partition coefficient (Wildman–Crippen LogP) is 9.08. The lowest BCUT2D eigenvalue weighted by Gasteiger charge is -2.24. The first-order valence-corrected chi connectivity index (χ1v) is 22.5. The van der Waals surface area contributed by atoms with Crippen molar-refractivity contribution in [1.82, 2.24) is 0 Å². The number of hydrogen-bond donors (Lipinski definition) is 1. The minimum Gasteiger partial charge on any atom is -0.458 e. The molecule has 0 bridgehead atoms. The van der Waals surface area contributed by atoms with Crippen molar-refractivity contribution >= 4 is 25.9 Å². The number of allylic oxidation sites excluding steroid dienone is 9. The molecule has 5 atom stereocenters. The van der Waals surface area contributed by atoms with E-state index >= 15 is 0 Å². The van der Waals surface area contributed by atoms with Crippen LogP contribution in [0.15, 0.2) is 83.6 Å². The van der Waals surface area contributed by atoms with Crippen molar-refractivity contribution in [2.75, 3.05) is 27.3 Å². The topological polar surface area (TPSA) is 133 Å². The molecule has 0 aromatic rings. The molecular formula is C42H67NO9Si. The lowest BCUT2D eigenvalue weighted by Crippen LogP contribution is -2.35. The van der Waals surface area contributed by atoms with Crippen molar-refractivity contribution in [1.29, 1.82) is 0 Å². The van der Waals surface area contributed by atoms with Crippen LogP contribution in [0.4, 0.5) is 4.79 Å². The van der Waals surface area contributed by atoms with Crippen LogP contribution in [0.1, 0.15) is 79.6 Å². The summed E-state index contributed by atoms with van der Waals surface area (Å²) in [5.74, 6) is -0.428. The van der Waals surface area contributed by atoms with Crippen molar-refractivity contribution in [2.45, 2.75) is 130 Å². The SMILES string of the molecule is COCO[C@@H]1/C=C/[C@H](OCOCC[Si](C)(C)C)CCC/C=C/C(=O)O[C@@H]([C@H](C)/C=C(C)/C=C/CC(=O)C=C(C)C)C/C(C)=C/C=C/CC[C@H]1OC(N)=O. The molecule has 0 saturated heterocycles. The van der Waals surface area contributed by atoms with E-state index in [-0.39, 0.29) is 31.4 Å². The van der Waals surface area contributed by atoms with Crippen LogP contribution in [0.2, 0.25) is 25.7 Å². The fourth-order valence-corrected chi connectivity index (χ4v) is 6.10. The Balaban J connectivity index is 3.28. The van der Waals surface area contributed by atoms with Gasteiger partial charge in [-0.2, -0.15) is 0 Å². The standard InChI is InChI=1S/C42H67NO9Si/c1-32(2)27-36(44)19-16-18-33(3)28-35(5)40-29-34(4)17-12-10-14-21-39(52-42(43)46)38(50-30-47-6)24-23-37(20-13-11-15-22-41(45)51-40)49-31-48-25-26-53(7,8)9/h10,12,15-18,22-24,27-28,35,37-40H,11,13-14,19-21,25-26,29-31H2,1-9H3,(H2,43,46)/b12-10+,18-16+,22-15+,24-23+,33-28+,34-17+/t35-,37-,38-,39-,40-/m1/s1. The van der Waals surface area contributed by atoms with E-state index in [2.05, 4.69) is 25.7 Å². The zero-order chi connectivity index (χ0) is 39.6. The van der Waals surface area contributed by atoms with Gasteiger partial charge in [-0.1, -0.05) is 98.0 Å². The fourth-order valence-electron chi connectivity index (χ4n) is 5.35. The molecule has 0 radical (unpaired) electrons. The summed E-state index contributed by atoms with van der Waals surface area (Å²) in [6.45, 7) is 17.5. The predicted molar refractivity (Wildman–Crippen MR) is 215 cm³/mol. The van der Waals surface area contributed by atoms with E-state index in [0.29, 0.717) is 45.1 Å². The van der Waals surface area contributed by atoms with E-state index in [1.807, 2.05) is 83.2 Å². The molecule has 298 valence electrons. The molecular weight excluding hydrogens is 691 g/mol. The maximum Gasteiger partial charge on any atom is 0.404 e. The third-order valence-corrected chi connectivity index (χ3v) is 9.89. The van der Waals surface area contributed by atoms with Crippen LogP contribution in [0.3, 0.4) is 0 Å². The summed E-state index contributed by atoms with van der Waals surface area (Å²) in [5.41, 5.74) is 8.45. The Morgan fingerprint density at radius 3 is 2.49 bits per heavy atom. The van der Waals surface area contributed by atoms with Crippen LogP contribution >= 0.6 is 0 Å². The van der Waals surface area contributed by atoms with Crippen LogP contribution in [0.5, 0.6) is 0 Å². The van der Waals surface area contributed by atoms with E-state index in [1.165, 1.54) is 13.2 Å². The maximum absolute atomic E-state index is 13.0. The number of methoxy groups -OCH3 is 1. The van der Waals surface area contributed by atoms with E-state index in [9.17, 15) is 14.4 Å². The lowest BCUT2D eigenvalue weighted by molar-refractivity contribution is -0.144. The van der Waals surface area contributed by atoms with Gasteiger partial charge in [-0.25, -0.2) is 9.59 Å². The summed E-state index contributed by atoms with van der Waals surface area (Å²) < 4.78 is 34.6. The molecule has 11 heteroatoms. The van der Waals surface area contributed by atoms with Crippen LogP contribution < -0.4 is 5.73 Å². The molecule has 1 amide bonds. The summed E-state index contributed by atoms with van der Waals surface area (Å²) in [6, 6.07) is 1.03. The number of carbonyl (C=O) groups is 3. The molecule has 10 nitrogen and oxygen atoms in total. The van der Waals surface area contributed by atoms with Crippen molar-refractivity contribution in [3.8, 4) is 0 Å². The Morgan fingerprint density at radius 2 is 1.81 bits per heavy atom. The Hall–Kier alpha value is -3.35. The van der Waals surface area contributed by atoms with Gasteiger partial charge in [-0.15, -0.1) is 0 Å². The highest BCUT2D eigenvalue weighted by Gasteiger charge is 2.24. The van der Waals surface area contributed by atoms with Gasteiger partial charge in [0.2, 0.25) is 0 Å². The van der Waals surface area contributed by atoms with Crippen molar-refractivity contribution in [3.05, 3.63) is 83.6 Å². The molecule has 1 aliphatic heterocycles.